The van der Waals surface area contributed by atoms with Crippen molar-refractivity contribution in [2.24, 2.45) is 23.5 Å². The summed E-state index contributed by atoms with van der Waals surface area (Å²) in [6.45, 7) is 2.96. The standard InChI is InChI=1S/C28H29F4N3O7/c1-12(2)7-15(28-41-20-4-3-13(25(33)37)9-21(20)42-28)27(39)35-18(8-14-5-6-34-26(14)38)19(36)11-40-24-22(31)16(29)10-17(30)23(24)32/h3-4,9-10,12,14-15,18,28H,5-8,11H2,1-2H3,(H2,33,37)(H,34,38)(H,35,39)/t14-,15+,18-,28?/m0/s1. The summed E-state index contributed by atoms with van der Waals surface area (Å²) in [6, 6.07) is 2.89. The third-order valence-corrected chi connectivity index (χ3v) is 6.92. The lowest BCUT2D eigenvalue weighted by atomic mass is 9.92. The molecule has 0 bridgehead atoms. The number of hydrogen-bond acceptors (Lipinski definition) is 7. The van der Waals surface area contributed by atoms with Crippen molar-refractivity contribution in [2.45, 2.75) is 45.4 Å². The van der Waals surface area contributed by atoms with Crippen molar-refractivity contribution in [2.75, 3.05) is 13.2 Å². The summed E-state index contributed by atoms with van der Waals surface area (Å²) >= 11 is 0. The van der Waals surface area contributed by atoms with Gasteiger partial charge in [0.1, 0.15) is 12.5 Å². The Morgan fingerprint density at radius 2 is 1.74 bits per heavy atom. The lowest BCUT2D eigenvalue weighted by Crippen LogP contribution is -2.50. The largest absolute Gasteiger partial charge is 0.479 e. The number of amides is 3. The van der Waals surface area contributed by atoms with E-state index >= 15 is 0 Å². The van der Waals surface area contributed by atoms with Crippen molar-refractivity contribution in [3.05, 3.63) is 53.1 Å². The van der Waals surface area contributed by atoms with Gasteiger partial charge >= 0.3 is 0 Å². The van der Waals surface area contributed by atoms with Crippen LogP contribution in [0.15, 0.2) is 24.3 Å². The summed E-state index contributed by atoms with van der Waals surface area (Å²) in [7, 11) is 0. The second-order valence-corrected chi connectivity index (χ2v) is 10.5. The van der Waals surface area contributed by atoms with Crippen LogP contribution in [0.5, 0.6) is 17.2 Å². The minimum absolute atomic E-state index is 0.00388. The third-order valence-electron chi connectivity index (χ3n) is 6.92. The van der Waals surface area contributed by atoms with Gasteiger partial charge < -0.3 is 30.6 Å². The second-order valence-electron chi connectivity index (χ2n) is 10.5. The van der Waals surface area contributed by atoms with Gasteiger partial charge in [0.25, 0.3) is 6.29 Å². The van der Waals surface area contributed by atoms with Crippen LogP contribution in [0.3, 0.4) is 0 Å². The van der Waals surface area contributed by atoms with Crippen LogP contribution >= 0.6 is 0 Å². The van der Waals surface area contributed by atoms with Crippen LogP contribution in [-0.2, 0) is 14.4 Å². The number of nitrogens with two attached hydrogens (primary N) is 1. The minimum Gasteiger partial charge on any atom is -0.479 e. The van der Waals surface area contributed by atoms with Crippen molar-refractivity contribution < 1.29 is 51.0 Å². The molecule has 0 aliphatic carbocycles. The molecule has 2 aromatic rings. The van der Waals surface area contributed by atoms with E-state index in [0.717, 1.165) is 0 Å². The Bertz CT molecular complexity index is 1380. The lowest BCUT2D eigenvalue weighted by Gasteiger charge is -2.26. The van der Waals surface area contributed by atoms with E-state index < -0.39 is 77.4 Å². The molecule has 2 aliphatic rings. The van der Waals surface area contributed by atoms with Crippen molar-refractivity contribution in [1.29, 1.82) is 0 Å². The van der Waals surface area contributed by atoms with Crippen molar-refractivity contribution >= 4 is 23.5 Å². The molecule has 2 aliphatic heterocycles. The summed E-state index contributed by atoms with van der Waals surface area (Å²) in [5.41, 5.74) is 5.48. The number of rotatable bonds is 12. The number of primary amides is 1. The Hall–Kier alpha value is -4.36. The first-order valence-corrected chi connectivity index (χ1v) is 13.2. The predicted molar refractivity (Wildman–Crippen MR) is 137 cm³/mol. The summed E-state index contributed by atoms with van der Waals surface area (Å²) in [5, 5.41) is 5.19. The van der Waals surface area contributed by atoms with Gasteiger partial charge in [-0.25, -0.2) is 8.78 Å². The van der Waals surface area contributed by atoms with Crippen LogP contribution in [-0.4, -0.2) is 49.0 Å². The van der Waals surface area contributed by atoms with Crippen molar-refractivity contribution in [3.8, 4) is 17.2 Å². The number of nitrogens with one attached hydrogen (secondary N) is 2. The molecule has 42 heavy (non-hydrogen) atoms. The number of Topliss-reactive ketones (excluding diaryl/α,β-unsaturated/α-hetero) is 1. The summed E-state index contributed by atoms with van der Waals surface area (Å²) in [5.74, 6) is -12.4. The number of benzene rings is 2. The number of halogens is 4. The molecule has 0 spiro atoms. The lowest BCUT2D eigenvalue weighted by molar-refractivity contribution is -0.138. The van der Waals surface area contributed by atoms with E-state index in [4.69, 9.17) is 19.9 Å². The Kier molecular flexibility index (Phi) is 9.22. The zero-order chi connectivity index (χ0) is 30.7. The van der Waals surface area contributed by atoms with Gasteiger partial charge in [-0.3, -0.25) is 19.2 Å². The van der Waals surface area contributed by atoms with Gasteiger partial charge in [0.2, 0.25) is 29.4 Å². The molecule has 4 atom stereocenters. The molecule has 4 N–H and O–H groups in total. The molecule has 0 saturated carbocycles. The number of carbonyl (C=O) groups is 4. The van der Waals surface area contributed by atoms with Gasteiger partial charge in [0.15, 0.2) is 34.7 Å². The summed E-state index contributed by atoms with van der Waals surface area (Å²) in [4.78, 5) is 50.5. The van der Waals surface area contributed by atoms with E-state index in [1.54, 1.807) is 0 Å². The van der Waals surface area contributed by atoms with Crippen molar-refractivity contribution in [1.82, 2.24) is 10.6 Å². The van der Waals surface area contributed by atoms with Gasteiger partial charge in [-0.1, -0.05) is 13.8 Å². The molecule has 2 aromatic carbocycles. The van der Waals surface area contributed by atoms with E-state index in [9.17, 15) is 36.7 Å². The van der Waals surface area contributed by atoms with Gasteiger partial charge in [-0.15, -0.1) is 0 Å². The maximum absolute atomic E-state index is 14.1. The van der Waals surface area contributed by atoms with Crippen molar-refractivity contribution in [3.63, 3.8) is 0 Å². The molecule has 0 aromatic heterocycles. The topological polar surface area (TPSA) is 146 Å². The molecule has 2 heterocycles. The zero-order valence-corrected chi connectivity index (χ0v) is 22.7. The van der Waals surface area contributed by atoms with Crippen LogP contribution in [0.4, 0.5) is 17.6 Å². The highest BCUT2D eigenvalue weighted by Crippen LogP contribution is 2.38. The molecule has 0 radical (unpaired) electrons. The second kappa shape index (κ2) is 12.7. The van der Waals surface area contributed by atoms with Crippen LogP contribution in [0.25, 0.3) is 0 Å². The van der Waals surface area contributed by atoms with Gasteiger partial charge in [0, 0.05) is 24.1 Å². The first kappa shape index (κ1) is 30.6. The molecule has 10 nitrogen and oxygen atoms in total. The molecular weight excluding hydrogens is 566 g/mol. The number of ketones is 1. The van der Waals surface area contributed by atoms with Crippen LogP contribution in [0, 0.1) is 41.0 Å². The maximum atomic E-state index is 14.1. The Labute approximate surface area is 237 Å². The molecule has 3 amide bonds. The molecule has 1 saturated heterocycles. The summed E-state index contributed by atoms with van der Waals surface area (Å²) in [6.07, 6.45) is -0.733. The molecule has 226 valence electrons. The normalized spacial score (nSPS) is 18.9. The smallest absolute Gasteiger partial charge is 0.253 e. The first-order chi connectivity index (χ1) is 19.8. The Balaban J connectivity index is 1.53. The third kappa shape index (κ3) is 6.74. The van der Waals surface area contributed by atoms with E-state index in [-0.39, 0.29) is 47.8 Å². The number of ether oxygens (including phenoxy) is 3. The first-order valence-electron chi connectivity index (χ1n) is 13.2. The maximum Gasteiger partial charge on any atom is 0.253 e. The van der Waals surface area contributed by atoms with E-state index in [2.05, 4.69) is 10.6 Å². The summed E-state index contributed by atoms with van der Waals surface area (Å²) < 4.78 is 71.8. The SMILES string of the molecule is CC(C)C[C@H](C(=O)N[C@@H](C[C@@H]1CCNC1=O)C(=O)COc1c(F)c(F)cc(F)c1F)C1Oc2ccc(C(N)=O)cc2O1. The quantitative estimate of drug-likeness (QED) is 0.253. The number of fused-ring (bicyclic) bond motifs is 1. The van der Waals surface area contributed by atoms with Gasteiger partial charge in [-0.05, 0) is 43.4 Å². The molecule has 14 heteroatoms. The van der Waals surface area contributed by atoms with Gasteiger partial charge in [-0.2, -0.15) is 8.78 Å². The Morgan fingerprint density at radius 1 is 1.07 bits per heavy atom. The highest BCUT2D eigenvalue weighted by atomic mass is 19.2. The molecule has 4 rings (SSSR count). The fourth-order valence-electron chi connectivity index (χ4n) is 4.76. The van der Waals surface area contributed by atoms with Crippen LogP contribution in [0.2, 0.25) is 0 Å². The molecule has 1 unspecified atom stereocenters. The highest BCUT2D eigenvalue weighted by Gasteiger charge is 2.40. The monoisotopic (exact) mass is 595 g/mol. The fourth-order valence-corrected chi connectivity index (χ4v) is 4.76. The number of hydrogen-bond donors (Lipinski definition) is 3. The molecular formula is C28H29F4N3O7. The minimum atomic E-state index is -1.83. The average Bonchev–Trinajstić information content (AvgIpc) is 3.54. The number of carbonyl (C=O) groups excluding carboxylic acids is 4. The van der Waals surface area contributed by atoms with Crippen LogP contribution < -0.4 is 30.6 Å². The van der Waals surface area contributed by atoms with E-state index in [1.807, 2.05) is 13.8 Å². The van der Waals surface area contributed by atoms with E-state index in [0.29, 0.717) is 13.0 Å². The van der Waals surface area contributed by atoms with Gasteiger partial charge in [0.05, 0.1) is 6.04 Å². The van der Waals surface area contributed by atoms with Crippen LogP contribution in [0.1, 0.15) is 43.5 Å². The zero-order valence-electron chi connectivity index (χ0n) is 22.7. The highest BCUT2D eigenvalue weighted by molar-refractivity contribution is 5.94. The Morgan fingerprint density at radius 3 is 2.33 bits per heavy atom. The van der Waals surface area contributed by atoms with E-state index in [1.165, 1.54) is 18.2 Å². The fraction of sp³-hybridized carbons (Fsp3) is 0.429. The molecule has 1 fully saturated rings. The predicted octanol–water partition coefficient (Wildman–Crippen LogP) is 2.76. The average molecular weight is 596 g/mol.